The highest BCUT2D eigenvalue weighted by Crippen LogP contribution is 2.24. The van der Waals surface area contributed by atoms with Gasteiger partial charge in [-0.2, -0.15) is 0 Å². The van der Waals surface area contributed by atoms with Gasteiger partial charge in [0.1, 0.15) is 5.60 Å². The molecule has 1 fully saturated rings. The molecule has 0 aromatic heterocycles. The number of halogens is 1. The third kappa shape index (κ3) is 15.3. The number of carbonyl (C=O) groups is 3. The van der Waals surface area contributed by atoms with Crippen LogP contribution in [0.1, 0.15) is 75.2 Å². The van der Waals surface area contributed by atoms with E-state index in [1.807, 2.05) is 62.3 Å². The lowest BCUT2D eigenvalue weighted by molar-refractivity contribution is 0.0463. The molecule has 5 amide bonds. The number of hydrogen-bond acceptors (Lipinski definition) is 6. The van der Waals surface area contributed by atoms with Crippen molar-refractivity contribution < 1.29 is 23.9 Å². The fourth-order valence-electron chi connectivity index (χ4n) is 3.63. The fraction of sp³-hybridized carbons (Fsp3) is 0.857. The molecule has 1 rings (SSSR count). The first-order chi connectivity index (χ1) is 18.2. The molecule has 0 bridgehead atoms. The Morgan fingerprint density at radius 1 is 1.10 bits per heavy atom. The molecule has 0 aromatic carbocycles. The molecule has 0 radical (unpaired) electrons. The Morgan fingerprint density at radius 2 is 1.70 bits per heavy atom. The van der Waals surface area contributed by atoms with Crippen LogP contribution in [0, 0.1) is 10.8 Å². The first-order valence-corrected chi connectivity index (χ1v) is 14.4. The molecule has 40 heavy (non-hydrogen) atoms. The minimum Gasteiger partial charge on any atom is -0.444 e. The molecule has 1 aliphatic heterocycles. The number of alkyl halides is 1. The van der Waals surface area contributed by atoms with E-state index in [1.165, 1.54) is 0 Å². The Kier molecular flexibility index (Phi) is 15.6. The second-order valence-electron chi connectivity index (χ2n) is 13.3. The van der Waals surface area contributed by atoms with Crippen molar-refractivity contribution in [2.45, 2.75) is 92.8 Å². The Hall–Kier alpha value is -2.52. The van der Waals surface area contributed by atoms with Gasteiger partial charge in [0.25, 0.3) is 0 Å². The van der Waals surface area contributed by atoms with Crippen LogP contribution >= 0.6 is 11.6 Å². The van der Waals surface area contributed by atoms with E-state index >= 15 is 0 Å². The molecule has 1 heterocycles. The standard InChI is InChI=1S/C16H32ClN3O3.C12H21N3O2/c1-15(2,3)12(19-14(22)23-16(4,5)6)11-18-13(21)20(7)10-8-9-17;1-12(2,3)10(13-9-16)8-15-7-5-6-14(4)11(15)17/h12H,8-11H2,1-7H3,(H,18,21)(H,19,22);10H,5-8H2,1-4H3/t12-;10-/m11/s1. The number of ether oxygens (including phenoxy) is 1. The number of nitrogens with one attached hydrogen (secondary N) is 2. The molecule has 0 aliphatic carbocycles. The Morgan fingerprint density at radius 3 is 2.17 bits per heavy atom. The molecule has 0 aromatic rings. The highest BCUT2D eigenvalue weighted by molar-refractivity contribution is 6.17. The molecule has 1 aliphatic rings. The van der Waals surface area contributed by atoms with Crippen molar-refractivity contribution in [1.82, 2.24) is 25.3 Å². The number of aliphatic imine (C=N–C) groups is 1. The Labute approximate surface area is 246 Å². The summed E-state index contributed by atoms with van der Waals surface area (Å²) >= 11 is 5.63. The summed E-state index contributed by atoms with van der Waals surface area (Å²) < 4.78 is 5.28. The number of isocyanates is 1. The molecule has 0 spiro atoms. The molecular formula is C28H53ClN6O5. The summed E-state index contributed by atoms with van der Waals surface area (Å²) in [5.41, 5.74) is -0.926. The van der Waals surface area contributed by atoms with E-state index in [1.54, 1.807) is 34.9 Å². The third-order valence-electron chi connectivity index (χ3n) is 6.29. The lowest BCUT2D eigenvalue weighted by Crippen LogP contribution is -2.53. The van der Waals surface area contributed by atoms with Crippen molar-refractivity contribution in [2.75, 3.05) is 52.7 Å². The predicted molar refractivity (Wildman–Crippen MR) is 160 cm³/mol. The van der Waals surface area contributed by atoms with Crippen molar-refractivity contribution in [3.05, 3.63) is 0 Å². The van der Waals surface area contributed by atoms with E-state index in [0.717, 1.165) is 25.9 Å². The van der Waals surface area contributed by atoms with Gasteiger partial charge in [0.05, 0.1) is 12.1 Å². The quantitative estimate of drug-likeness (QED) is 0.230. The molecule has 11 nitrogen and oxygen atoms in total. The van der Waals surface area contributed by atoms with Gasteiger partial charge in [0.2, 0.25) is 6.08 Å². The average Bonchev–Trinajstić information content (AvgIpc) is 2.80. The normalized spacial score (nSPS) is 15.7. The zero-order chi connectivity index (χ0) is 31.3. The van der Waals surface area contributed by atoms with Gasteiger partial charge < -0.3 is 30.1 Å². The molecule has 2 atom stereocenters. The van der Waals surface area contributed by atoms with E-state index in [0.29, 0.717) is 25.5 Å². The summed E-state index contributed by atoms with van der Waals surface area (Å²) in [7, 11) is 3.51. The van der Waals surface area contributed by atoms with Crippen LogP contribution in [0.15, 0.2) is 4.99 Å². The fourth-order valence-corrected chi connectivity index (χ4v) is 3.75. The van der Waals surface area contributed by atoms with Crippen LogP contribution in [-0.2, 0) is 9.53 Å². The maximum Gasteiger partial charge on any atom is 0.407 e. The summed E-state index contributed by atoms with van der Waals surface area (Å²) in [6.45, 7) is 20.4. The van der Waals surface area contributed by atoms with Crippen LogP contribution in [0.2, 0.25) is 0 Å². The van der Waals surface area contributed by atoms with Gasteiger partial charge in [-0.15, -0.1) is 11.6 Å². The van der Waals surface area contributed by atoms with Crippen LogP contribution < -0.4 is 10.6 Å². The van der Waals surface area contributed by atoms with Crippen molar-refractivity contribution >= 4 is 35.8 Å². The Balaban J connectivity index is 0.000000793. The number of rotatable bonds is 9. The number of hydrogen-bond donors (Lipinski definition) is 2. The second-order valence-corrected chi connectivity index (χ2v) is 13.7. The summed E-state index contributed by atoms with van der Waals surface area (Å²) in [6, 6.07) is -0.611. The highest BCUT2D eigenvalue weighted by atomic mass is 35.5. The van der Waals surface area contributed by atoms with E-state index < -0.39 is 11.7 Å². The van der Waals surface area contributed by atoms with Crippen molar-refractivity contribution in [2.24, 2.45) is 15.8 Å². The highest BCUT2D eigenvalue weighted by Gasteiger charge is 2.31. The van der Waals surface area contributed by atoms with Gasteiger partial charge in [-0.3, -0.25) is 0 Å². The van der Waals surface area contributed by atoms with Crippen LogP contribution in [0.4, 0.5) is 14.4 Å². The number of urea groups is 2. The van der Waals surface area contributed by atoms with Gasteiger partial charge in [0, 0.05) is 52.7 Å². The van der Waals surface area contributed by atoms with Crippen molar-refractivity contribution in [3.8, 4) is 0 Å². The summed E-state index contributed by atoms with van der Waals surface area (Å²) in [5.74, 6) is 0.516. The molecule has 1 saturated heterocycles. The summed E-state index contributed by atoms with van der Waals surface area (Å²) in [5, 5.41) is 5.68. The first-order valence-electron chi connectivity index (χ1n) is 13.8. The topological polar surface area (TPSA) is 124 Å². The molecule has 0 unspecified atom stereocenters. The van der Waals surface area contributed by atoms with E-state index in [9.17, 15) is 19.2 Å². The zero-order valence-electron chi connectivity index (χ0n) is 26.5. The van der Waals surface area contributed by atoms with E-state index in [2.05, 4.69) is 15.6 Å². The minimum atomic E-state index is -0.558. The number of carbonyl (C=O) groups excluding carboxylic acids is 4. The Bertz CT molecular complexity index is 859. The maximum absolute atomic E-state index is 12.0. The zero-order valence-corrected chi connectivity index (χ0v) is 27.3. The number of amides is 5. The smallest absolute Gasteiger partial charge is 0.407 e. The number of nitrogens with zero attached hydrogens (tertiary/aromatic N) is 4. The van der Waals surface area contributed by atoms with E-state index in [4.69, 9.17) is 16.3 Å². The largest absolute Gasteiger partial charge is 0.444 e. The molecular weight excluding hydrogens is 536 g/mol. The second kappa shape index (κ2) is 16.7. The molecule has 2 N–H and O–H groups in total. The predicted octanol–water partition coefficient (Wildman–Crippen LogP) is 4.69. The van der Waals surface area contributed by atoms with Gasteiger partial charge in [-0.05, 0) is 44.4 Å². The average molecular weight is 589 g/mol. The van der Waals surface area contributed by atoms with Gasteiger partial charge in [-0.1, -0.05) is 41.5 Å². The lowest BCUT2D eigenvalue weighted by Gasteiger charge is -2.37. The summed E-state index contributed by atoms with van der Waals surface area (Å²) in [4.78, 5) is 55.2. The molecule has 232 valence electrons. The SMILES string of the molecule is CN(CCCCl)C(=O)NC[C@@H](NC(=O)OC(C)(C)C)C(C)(C)C.CN1CCCN(C[C@@H](N=C=O)C(C)(C)C)C1=O. The maximum atomic E-state index is 12.0. The first kappa shape index (κ1) is 37.5. The van der Waals surface area contributed by atoms with Crippen molar-refractivity contribution in [1.29, 1.82) is 0 Å². The van der Waals surface area contributed by atoms with Gasteiger partial charge >= 0.3 is 18.2 Å². The van der Waals surface area contributed by atoms with Crippen LogP contribution in [0.3, 0.4) is 0 Å². The number of alkyl carbamates (subject to hydrolysis) is 1. The molecule has 12 heteroatoms. The lowest BCUT2D eigenvalue weighted by atomic mass is 9.87. The monoisotopic (exact) mass is 588 g/mol. The van der Waals surface area contributed by atoms with Crippen molar-refractivity contribution in [3.63, 3.8) is 0 Å². The van der Waals surface area contributed by atoms with Crippen LogP contribution in [0.5, 0.6) is 0 Å². The van der Waals surface area contributed by atoms with Crippen LogP contribution in [0.25, 0.3) is 0 Å². The summed E-state index contributed by atoms with van der Waals surface area (Å²) in [6.07, 6.45) is 2.83. The van der Waals surface area contributed by atoms with Gasteiger partial charge in [-0.25, -0.2) is 24.2 Å². The molecule has 0 saturated carbocycles. The van der Waals surface area contributed by atoms with Crippen LogP contribution in [-0.4, -0.2) is 109 Å². The van der Waals surface area contributed by atoms with E-state index in [-0.39, 0.29) is 35.0 Å². The van der Waals surface area contributed by atoms with Gasteiger partial charge in [0.15, 0.2) is 0 Å². The third-order valence-corrected chi connectivity index (χ3v) is 6.56. The minimum absolute atomic E-state index is 0.0200.